The van der Waals surface area contributed by atoms with Crippen molar-refractivity contribution in [1.82, 2.24) is 4.90 Å². The van der Waals surface area contributed by atoms with Crippen LogP contribution in [0.25, 0.3) is 6.08 Å². The molecule has 2 aromatic carbocycles. The molecular formula is C20H21NO4. The zero-order valence-corrected chi connectivity index (χ0v) is 14.1. The summed E-state index contributed by atoms with van der Waals surface area (Å²) in [5.41, 5.74) is 1.92. The predicted molar refractivity (Wildman–Crippen MR) is 96.1 cm³/mol. The molecule has 0 aromatic heterocycles. The number of hydrogen-bond donors (Lipinski definition) is 1. The van der Waals surface area contributed by atoms with E-state index >= 15 is 0 Å². The van der Waals surface area contributed by atoms with Crippen LogP contribution in [0, 0.1) is 0 Å². The molecule has 0 aliphatic heterocycles. The first-order valence-electron chi connectivity index (χ1n) is 7.96. The van der Waals surface area contributed by atoms with E-state index in [1.807, 2.05) is 54.6 Å². The molecule has 0 saturated heterocycles. The molecule has 0 saturated carbocycles. The Balaban J connectivity index is 1.91. The molecule has 2 aromatic rings. The lowest BCUT2D eigenvalue weighted by Crippen LogP contribution is -2.27. The molecule has 25 heavy (non-hydrogen) atoms. The molecule has 0 bridgehead atoms. The van der Waals surface area contributed by atoms with Crippen LogP contribution in [0.1, 0.15) is 17.5 Å². The fourth-order valence-corrected chi connectivity index (χ4v) is 2.12. The van der Waals surface area contributed by atoms with Crippen LogP contribution in [0.5, 0.6) is 5.75 Å². The maximum atomic E-state index is 11.9. The van der Waals surface area contributed by atoms with E-state index in [0.29, 0.717) is 6.61 Å². The van der Waals surface area contributed by atoms with E-state index in [2.05, 4.69) is 0 Å². The fourth-order valence-electron chi connectivity index (χ4n) is 2.12. The Bertz CT molecular complexity index is 740. The van der Waals surface area contributed by atoms with Gasteiger partial charge >= 0.3 is 5.97 Å². The third-order valence-electron chi connectivity index (χ3n) is 3.56. The summed E-state index contributed by atoms with van der Waals surface area (Å²) in [6.07, 6.45) is 3.05. The molecule has 0 fully saturated rings. The summed E-state index contributed by atoms with van der Waals surface area (Å²) in [6.45, 7) is 0.656. The molecule has 0 atom stereocenters. The van der Waals surface area contributed by atoms with Crippen LogP contribution in [-0.4, -0.2) is 35.5 Å². The second kappa shape index (κ2) is 9.27. The molecule has 0 unspecified atom stereocenters. The number of carbonyl (C=O) groups is 2. The predicted octanol–water partition coefficient (Wildman–Crippen LogP) is 3.21. The van der Waals surface area contributed by atoms with Crippen LogP contribution in [-0.2, 0) is 16.2 Å². The largest absolute Gasteiger partial charge is 0.489 e. The lowest BCUT2D eigenvalue weighted by Gasteiger charge is -2.13. The zero-order valence-electron chi connectivity index (χ0n) is 14.1. The van der Waals surface area contributed by atoms with Crippen LogP contribution >= 0.6 is 0 Å². The second-order valence-corrected chi connectivity index (χ2v) is 5.58. The first kappa shape index (κ1) is 18.3. The van der Waals surface area contributed by atoms with Crippen molar-refractivity contribution in [2.24, 2.45) is 0 Å². The number of carboxylic acid groups (broad SMARTS) is 1. The van der Waals surface area contributed by atoms with Crippen molar-refractivity contribution in [3.63, 3.8) is 0 Å². The van der Waals surface area contributed by atoms with Crippen molar-refractivity contribution >= 4 is 18.0 Å². The molecule has 1 N–H and O–H groups in total. The Kier molecular flexibility index (Phi) is 6.77. The van der Waals surface area contributed by atoms with Crippen LogP contribution in [0.3, 0.4) is 0 Å². The van der Waals surface area contributed by atoms with Gasteiger partial charge in [-0.05, 0) is 29.3 Å². The summed E-state index contributed by atoms with van der Waals surface area (Å²) in [6, 6.07) is 17.3. The maximum Gasteiger partial charge on any atom is 0.305 e. The number of benzene rings is 2. The monoisotopic (exact) mass is 339 g/mol. The molecule has 5 nitrogen and oxygen atoms in total. The summed E-state index contributed by atoms with van der Waals surface area (Å²) in [7, 11) is 1.58. The number of ether oxygens (including phenoxy) is 1. The molecule has 130 valence electrons. The van der Waals surface area contributed by atoms with Gasteiger partial charge in [0.2, 0.25) is 5.91 Å². The van der Waals surface area contributed by atoms with Crippen LogP contribution in [0.4, 0.5) is 0 Å². The third kappa shape index (κ3) is 6.51. The minimum atomic E-state index is -0.924. The highest BCUT2D eigenvalue weighted by atomic mass is 16.5. The number of amides is 1. The quantitative estimate of drug-likeness (QED) is 0.750. The normalized spacial score (nSPS) is 10.6. The SMILES string of the molecule is CN(CCC(=O)O)C(=O)/C=C/c1cccc(OCc2ccccc2)c1. The third-order valence-corrected chi connectivity index (χ3v) is 3.56. The van der Waals surface area contributed by atoms with E-state index in [1.54, 1.807) is 13.1 Å². The number of rotatable bonds is 8. The van der Waals surface area contributed by atoms with E-state index in [4.69, 9.17) is 9.84 Å². The number of aliphatic carboxylic acids is 1. The van der Waals surface area contributed by atoms with E-state index < -0.39 is 5.97 Å². The standard InChI is InChI=1S/C20H21NO4/c1-21(13-12-20(23)24)19(22)11-10-16-8-5-9-18(14-16)25-15-17-6-3-2-4-7-17/h2-11,14H,12-13,15H2,1H3,(H,23,24)/b11-10+. The molecule has 2 rings (SSSR count). The van der Waals surface area contributed by atoms with Crippen LogP contribution in [0.15, 0.2) is 60.7 Å². The van der Waals surface area contributed by atoms with E-state index in [0.717, 1.165) is 16.9 Å². The lowest BCUT2D eigenvalue weighted by atomic mass is 10.2. The van der Waals surface area contributed by atoms with Crippen molar-refractivity contribution in [2.75, 3.05) is 13.6 Å². The van der Waals surface area contributed by atoms with Crippen molar-refractivity contribution in [3.05, 3.63) is 71.8 Å². The molecule has 0 aliphatic rings. The highest BCUT2D eigenvalue weighted by Gasteiger charge is 2.07. The molecule has 0 aliphatic carbocycles. The summed E-state index contributed by atoms with van der Waals surface area (Å²) in [5.74, 6) is -0.443. The number of carboxylic acids is 1. The van der Waals surface area contributed by atoms with E-state index in [1.165, 1.54) is 11.0 Å². The minimum absolute atomic E-state index is 0.0705. The Morgan fingerprint density at radius 3 is 2.60 bits per heavy atom. The summed E-state index contributed by atoms with van der Waals surface area (Å²) in [5, 5.41) is 8.65. The zero-order chi connectivity index (χ0) is 18.1. The Morgan fingerprint density at radius 2 is 1.88 bits per heavy atom. The molecule has 0 heterocycles. The van der Waals surface area contributed by atoms with Crippen molar-refractivity contribution in [2.45, 2.75) is 13.0 Å². The highest BCUT2D eigenvalue weighted by molar-refractivity contribution is 5.91. The van der Waals surface area contributed by atoms with Crippen molar-refractivity contribution in [1.29, 1.82) is 0 Å². The van der Waals surface area contributed by atoms with Gasteiger partial charge in [-0.1, -0.05) is 42.5 Å². The Labute approximate surface area is 147 Å². The summed E-state index contributed by atoms with van der Waals surface area (Å²) < 4.78 is 5.76. The number of carbonyl (C=O) groups excluding carboxylic acids is 1. The topological polar surface area (TPSA) is 66.8 Å². The fraction of sp³-hybridized carbons (Fsp3) is 0.200. The number of hydrogen-bond acceptors (Lipinski definition) is 3. The van der Waals surface area contributed by atoms with Crippen LogP contribution in [0.2, 0.25) is 0 Å². The molecule has 0 spiro atoms. The van der Waals surface area contributed by atoms with Gasteiger partial charge in [-0.2, -0.15) is 0 Å². The van der Waals surface area contributed by atoms with Gasteiger partial charge in [0, 0.05) is 19.7 Å². The number of nitrogens with zero attached hydrogens (tertiary/aromatic N) is 1. The average Bonchev–Trinajstić information content (AvgIpc) is 2.63. The van der Waals surface area contributed by atoms with Gasteiger partial charge in [0.05, 0.1) is 6.42 Å². The maximum absolute atomic E-state index is 11.9. The first-order valence-corrected chi connectivity index (χ1v) is 7.96. The van der Waals surface area contributed by atoms with Gasteiger partial charge in [0.25, 0.3) is 0 Å². The first-order chi connectivity index (χ1) is 12.0. The molecule has 1 amide bonds. The lowest BCUT2D eigenvalue weighted by molar-refractivity contribution is -0.137. The van der Waals surface area contributed by atoms with E-state index in [-0.39, 0.29) is 18.9 Å². The number of likely N-dealkylation sites (N-methyl/N-ethyl adjacent to an activating group) is 1. The van der Waals surface area contributed by atoms with Gasteiger partial charge in [0.15, 0.2) is 0 Å². The van der Waals surface area contributed by atoms with Crippen molar-refractivity contribution < 1.29 is 19.4 Å². The Hall–Kier alpha value is -3.08. The van der Waals surface area contributed by atoms with Crippen LogP contribution < -0.4 is 4.74 Å². The molecule has 0 radical (unpaired) electrons. The Morgan fingerprint density at radius 1 is 1.12 bits per heavy atom. The molecular weight excluding hydrogens is 318 g/mol. The van der Waals surface area contributed by atoms with Gasteiger partial charge in [-0.3, -0.25) is 9.59 Å². The second-order valence-electron chi connectivity index (χ2n) is 5.58. The molecule has 5 heteroatoms. The van der Waals surface area contributed by atoms with Gasteiger partial charge < -0.3 is 14.7 Å². The average molecular weight is 339 g/mol. The summed E-state index contributed by atoms with van der Waals surface area (Å²) in [4.78, 5) is 23.9. The highest BCUT2D eigenvalue weighted by Crippen LogP contribution is 2.16. The minimum Gasteiger partial charge on any atom is -0.489 e. The summed E-state index contributed by atoms with van der Waals surface area (Å²) >= 11 is 0. The van der Waals surface area contributed by atoms with Gasteiger partial charge in [0.1, 0.15) is 12.4 Å². The van der Waals surface area contributed by atoms with Crippen molar-refractivity contribution in [3.8, 4) is 5.75 Å². The van der Waals surface area contributed by atoms with E-state index in [9.17, 15) is 9.59 Å². The smallest absolute Gasteiger partial charge is 0.305 e. The van der Waals surface area contributed by atoms with Gasteiger partial charge in [-0.25, -0.2) is 0 Å². The van der Waals surface area contributed by atoms with Gasteiger partial charge in [-0.15, -0.1) is 0 Å².